The van der Waals surface area contributed by atoms with E-state index < -0.39 is 95.8 Å². The zero-order valence-electron chi connectivity index (χ0n) is 36.3. The zero-order valence-corrected chi connectivity index (χ0v) is 36.3. The fourth-order valence-corrected chi connectivity index (χ4v) is 14.1. The van der Waals surface area contributed by atoms with E-state index in [-0.39, 0.29) is 53.7 Å². The van der Waals surface area contributed by atoms with Gasteiger partial charge in [-0.05, 0) is 106 Å². The summed E-state index contributed by atoms with van der Waals surface area (Å²) < 4.78 is 28.7. The smallest absolute Gasteiger partial charge is 0.311 e. The summed E-state index contributed by atoms with van der Waals surface area (Å²) in [5.74, 6) is -0.357. The third-order valence-electron chi connectivity index (χ3n) is 17.8. The highest BCUT2D eigenvalue weighted by Crippen LogP contribution is 2.76. The Bertz CT molecular complexity index is 1650. The van der Waals surface area contributed by atoms with Gasteiger partial charge in [-0.2, -0.15) is 0 Å². The van der Waals surface area contributed by atoms with E-state index in [0.717, 1.165) is 12.8 Å². The Kier molecular flexibility index (Phi) is 12.6. The highest BCUT2D eigenvalue weighted by atomic mass is 16.7. The lowest BCUT2D eigenvalue weighted by atomic mass is 9.33. The Morgan fingerprint density at radius 3 is 2.17 bits per heavy atom. The van der Waals surface area contributed by atoms with Crippen molar-refractivity contribution in [3.8, 4) is 0 Å². The molecule has 16 heteroatoms. The maximum Gasteiger partial charge on any atom is 0.311 e. The summed E-state index contributed by atoms with van der Waals surface area (Å²) in [5, 5.41) is 89.4. The summed E-state index contributed by atoms with van der Waals surface area (Å²) in [6.45, 7) is 11.9. The van der Waals surface area contributed by atoms with Crippen LogP contribution in [0.25, 0.3) is 0 Å². The minimum atomic E-state index is -1.72. The summed E-state index contributed by atoms with van der Waals surface area (Å²) in [4.78, 5) is 27.4. The van der Waals surface area contributed by atoms with Gasteiger partial charge in [0.15, 0.2) is 12.6 Å². The molecular weight excluding hydrogens is 782 g/mol. The lowest BCUT2D eigenvalue weighted by Gasteiger charge is -2.72. The molecule has 5 aliphatic carbocycles. The van der Waals surface area contributed by atoms with Gasteiger partial charge >= 0.3 is 5.97 Å². The Balaban J connectivity index is 1.12. The average molecular weight is 854 g/mol. The van der Waals surface area contributed by atoms with Crippen molar-refractivity contribution in [2.45, 2.75) is 167 Å². The van der Waals surface area contributed by atoms with Crippen molar-refractivity contribution < 1.29 is 74.1 Å². The third-order valence-corrected chi connectivity index (χ3v) is 17.8. The van der Waals surface area contributed by atoms with Gasteiger partial charge < -0.3 is 69.9 Å². The van der Waals surface area contributed by atoms with Crippen LogP contribution in [0.1, 0.15) is 99.3 Å². The first-order valence-corrected chi connectivity index (χ1v) is 22.1. The van der Waals surface area contributed by atoms with Gasteiger partial charge in [0, 0.05) is 12.0 Å². The van der Waals surface area contributed by atoms with Crippen molar-refractivity contribution >= 4 is 11.9 Å². The average Bonchev–Trinajstić information content (AvgIpc) is 3.21. The molecule has 0 spiro atoms. The SMILES string of the molecule is CCNC(=O)[C@]12CC[C@](C)(C(=O)OC)C[C@H]1C1=CC[C@@H]3[C@@]4(C)C[C@H](O)[C@H](O[C@@H]5OC[C@@H](O[C@@H]6O[C@H](CO)[C@@H](O)[C@H](O)[C@H]6O)[C@H](O)[C@H]5O)[C@@](C)(CO)[C@@H]4CC[C@@]3(C)[C@]1(C)CC2. The Morgan fingerprint density at radius 2 is 1.52 bits per heavy atom. The Morgan fingerprint density at radius 1 is 0.833 bits per heavy atom. The number of aliphatic hydroxyl groups is 8. The minimum absolute atomic E-state index is 0.0596. The first-order chi connectivity index (χ1) is 28.2. The van der Waals surface area contributed by atoms with Crippen LogP contribution in [0.4, 0.5) is 0 Å². The molecule has 60 heavy (non-hydrogen) atoms. The molecule has 2 saturated heterocycles. The van der Waals surface area contributed by atoms with Crippen LogP contribution in [0.5, 0.6) is 0 Å². The molecule has 7 aliphatic rings. The van der Waals surface area contributed by atoms with Gasteiger partial charge in [-0.1, -0.05) is 39.3 Å². The highest BCUT2D eigenvalue weighted by molar-refractivity contribution is 5.85. The molecule has 16 nitrogen and oxygen atoms in total. The molecule has 0 unspecified atom stereocenters. The molecule has 9 N–H and O–H groups in total. The number of amides is 1. The number of rotatable bonds is 9. The number of carbonyl (C=O) groups excluding carboxylic acids is 2. The van der Waals surface area contributed by atoms with Gasteiger partial charge in [-0.15, -0.1) is 0 Å². The van der Waals surface area contributed by atoms with E-state index in [1.165, 1.54) is 12.7 Å². The van der Waals surface area contributed by atoms with Gasteiger partial charge in [-0.3, -0.25) is 9.59 Å². The van der Waals surface area contributed by atoms with Gasteiger partial charge in [0.2, 0.25) is 5.91 Å². The number of carbonyl (C=O) groups is 2. The van der Waals surface area contributed by atoms with Crippen molar-refractivity contribution in [2.24, 2.45) is 50.2 Å². The fourth-order valence-electron chi connectivity index (χ4n) is 14.1. The number of allylic oxidation sites excluding steroid dienone is 2. The normalized spacial score (nSPS) is 52.8. The summed E-state index contributed by atoms with van der Waals surface area (Å²) in [5.41, 5.74) is -2.10. The molecule has 2 aliphatic heterocycles. The van der Waals surface area contributed by atoms with Gasteiger partial charge in [0.25, 0.3) is 0 Å². The van der Waals surface area contributed by atoms with Crippen LogP contribution in [0.3, 0.4) is 0 Å². The van der Waals surface area contributed by atoms with Gasteiger partial charge in [0.05, 0.1) is 50.0 Å². The highest BCUT2D eigenvalue weighted by Gasteiger charge is 2.71. The topological polar surface area (TPSA) is 254 Å². The second-order valence-corrected chi connectivity index (χ2v) is 20.7. The van der Waals surface area contributed by atoms with Crippen molar-refractivity contribution in [1.29, 1.82) is 0 Å². The van der Waals surface area contributed by atoms with Crippen molar-refractivity contribution in [3.05, 3.63) is 11.6 Å². The van der Waals surface area contributed by atoms with Crippen LogP contribution in [-0.2, 0) is 33.3 Å². The van der Waals surface area contributed by atoms with Crippen molar-refractivity contribution in [1.82, 2.24) is 5.32 Å². The standard InChI is InChI=1S/C44H71NO15/c1-8-45-37(54)44-15-13-39(2,38(55)56-7)17-23(44)22-9-10-28-40(3)18-24(48)34(41(4,21-47)27(40)11-12-43(28,6)42(22,5)14-16-44)60-35-32(52)30(50)26(20-57-35)59-36-33(53)31(51)29(49)25(19-46)58-36/h9,23-36,46-53H,8,10-21H2,1-7H3,(H,45,54)/t23-,24-,25+,26+,27+,28+,29+,30-,31-,32+,33+,34-,35-,36-,39-,40-,41-,42+,43+,44-/m0/s1. The molecule has 4 saturated carbocycles. The Labute approximate surface area is 352 Å². The molecule has 0 radical (unpaired) electrons. The van der Waals surface area contributed by atoms with Gasteiger partial charge in [0.1, 0.15) is 42.7 Å². The van der Waals surface area contributed by atoms with E-state index in [0.29, 0.717) is 51.5 Å². The predicted molar refractivity (Wildman–Crippen MR) is 212 cm³/mol. The molecule has 0 aromatic carbocycles. The van der Waals surface area contributed by atoms with Crippen molar-refractivity contribution in [2.75, 3.05) is 33.5 Å². The van der Waals surface area contributed by atoms with Crippen LogP contribution in [0.2, 0.25) is 0 Å². The van der Waals surface area contributed by atoms with Crippen LogP contribution < -0.4 is 5.32 Å². The van der Waals surface area contributed by atoms with E-state index >= 15 is 0 Å². The van der Waals surface area contributed by atoms with E-state index in [1.54, 1.807) is 0 Å². The van der Waals surface area contributed by atoms with Crippen LogP contribution in [0.15, 0.2) is 11.6 Å². The van der Waals surface area contributed by atoms with E-state index in [1.807, 2.05) is 20.8 Å². The number of esters is 1. The minimum Gasteiger partial charge on any atom is -0.469 e. The van der Waals surface area contributed by atoms with Crippen molar-refractivity contribution in [3.63, 3.8) is 0 Å². The quantitative estimate of drug-likeness (QED) is 0.0878. The number of hydrogen-bond acceptors (Lipinski definition) is 15. The molecule has 0 aromatic rings. The molecule has 20 atom stereocenters. The molecule has 2 heterocycles. The predicted octanol–water partition coefficient (Wildman–Crippen LogP) is 0.669. The fraction of sp³-hybridized carbons (Fsp3) is 0.909. The number of ether oxygens (including phenoxy) is 5. The molecule has 7 rings (SSSR count). The molecule has 342 valence electrons. The largest absolute Gasteiger partial charge is 0.469 e. The molecule has 1 amide bonds. The number of methoxy groups -OCH3 is 1. The third kappa shape index (κ3) is 6.76. The molecular formula is C44H71NO15. The van der Waals surface area contributed by atoms with E-state index in [9.17, 15) is 50.4 Å². The summed E-state index contributed by atoms with van der Waals surface area (Å²) in [7, 11) is 1.43. The number of nitrogens with one attached hydrogen (secondary N) is 1. The molecule has 6 fully saturated rings. The lowest BCUT2D eigenvalue weighted by Crippen LogP contribution is -2.69. The maximum atomic E-state index is 14.1. The second-order valence-electron chi connectivity index (χ2n) is 20.7. The molecule has 0 bridgehead atoms. The van der Waals surface area contributed by atoms with Crippen LogP contribution in [0, 0.1) is 50.2 Å². The van der Waals surface area contributed by atoms with E-state index in [2.05, 4.69) is 32.2 Å². The van der Waals surface area contributed by atoms with Gasteiger partial charge in [-0.25, -0.2) is 0 Å². The monoisotopic (exact) mass is 853 g/mol. The zero-order chi connectivity index (χ0) is 44.0. The Hall–Kier alpha value is -1.80. The summed E-state index contributed by atoms with van der Waals surface area (Å²) in [6.07, 6.45) is -7.74. The second kappa shape index (κ2) is 16.3. The van der Waals surface area contributed by atoms with Crippen LogP contribution in [-0.4, -0.2) is 154 Å². The number of aliphatic hydroxyl groups excluding tert-OH is 8. The first-order valence-electron chi connectivity index (χ1n) is 22.1. The summed E-state index contributed by atoms with van der Waals surface area (Å²) >= 11 is 0. The van der Waals surface area contributed by atoms with Crippen LogP contribution >= 0.6 is 0 Å². The van der Waals surface area contributed by atoms with E-state index in [4.69, 9.17) is 23.7 Å². The first kappa shape index (κ1) is 46.2. The molecule has 0 aromatic heterocycles. The lowest BCUT2D eigenvalue weighted by molar-refractivity contribution is -0.357. The number of hydrogen-bond donors (Lipinski definition) is 9. The maximum absolute atomic E-state index is 14.1. The summed E-state index contributed by atoms with van der Waals surface area (Å²) in [6, 6.07) is 0. The number of fused-ring (bicyclic) bond motifs is 7.